The van der Waals surface area contributed by atoms with Gasteiger partial charge in [-0.3, -0.25) is 9.59 Å². The third-order valence-corrected chi connectivity index (χ3v) is 3.09. The van der Waals surface area contributed by atoms with Gasteiger partial charge in [-0.15, -0.1) is 0 Å². The molecular formula is C15H28O4. The summed E-state index contributed by atoms with van der Waals surface area (Å²) in [5.74, 6) is 0.0119. The first-order valence-electron chi connectivity index (χ1n) is 7.45. The molecule has 0 fully saturated rings. The van der Waals surface area contributed by atoms with Gasteiger partial charge in [0.15, 0.2) is 0 Å². The van der Waals surface area contributed by atoms with Crippen molar-refractivity contribution >= 4 is 11.9 Å². The Hall–Kier alpha value is -1.06. The van der Waals surface area contributed by atoms with Crippen LogP contribution < -0.4 is 0 Å². The van der Waals surface area contributed by atoms with Crippen molar-refractivity contribution < 1.29 is 19.1 Å². The van der Waals surface area contributed by atoms with Gasteiger partial charge < -0.3 is 9.47 Å². The molecule has 0 aromatic carbocycles. The summed E-state index contributed by atoms with van der Waals surface area (Å²) in [6.07, 6.45) is 5.59. The maximum Gasteiger partial charge on any atom is 0.305 e. The average Bonchev–Trinajstić information content (AvgIpc) is 2.39. The normalized spacial score (nSPS) is 11.9. The lowest BCUT2D eigenvalue weighted by Crippen LogP contribution is -2.14. The van der Waals surface area contributed by atoms with Crippen molar-refractivity contribution in [3.8, 4) is 0 Å². The molecule has 4 nitrogen and oxygen atoms in total. The molecule has 0 heterocycles. The van der Waals surface area contributed by atoms with Gasteiger partial charge in [-0.25, -0.2) is 0 Å². The van der Waals surface area contributed by atoms with E-state index in [-0.39, 0.29) is 18.4 Å². The van der Waals surface area contributed by atoms with Crippen molar-refractivity contribution in [3.63, 3.8) is 0 Å². The lowest BCUT2D eigenvalue weighted by atomic mass is 10.0. The fraction of sp³-hybridized carbons (Fsp3) is 0.867. The van der Waals surface area contributed by atoms with Gasteiger partial charge in [0.05, 0.1) is 13.2 Å². The van der Waals surface area contributed by atoms with Crippen LogP contribution in [-0.2, 0) is 19.1 Å². The lowest BCUT2D eigenvalue weighted by molar-refractivity contribution is -0.146. The molecule has 0 aliphatic rings. The molecule has 0 bridgehead atoms. The summed E-state index contributed by atoms with van der Waals surface area (Å²) >= 11 is 0. The van der Waals surface area contributed by atoms with Gasteiger partial charge in [-0.2, -0.15) is 0 Å². The molecule has 0 saturated carbocycles. The van der Waals surface area contributed by atoms with Crippen LogP contribution in [0.5, 0.6) is 0 Å². The van der Waals surface area contributed by atoms with Crippen LogP contribution in [0.1, 0.15) is 65.7 Å². The molecule has 0 aromatic heterocycles. The predicted octanol–water partition coefficient (Wildman–Crippen LogP) is 3.48. The van der Waals surface area contributed by atoms with E-state index in [1.165, 1.54) is 12.8 Å². The smallest absolute Gasteiger partial charge is 0.305 e. The van der Waals surface area contributed by atoms with E-state index in [0.717, 1.165) is 12.8 Å². The van der Waals surface area contributed by atoms with Crippen molar-refractivity contribution in [1.82, 2.24) is 0 Å². The van der Waals surface area contributed by atoms with Gasteiger partial charge in [-0.1, -0.05) is 33.1 Å². The van der Waals surface area contributed by atoms with Crippen molar-refractivity contribution in [2.75, 3.05) is 13.2 Å². The standard InChI is InChI=1S/C15H28O4/c1-4-7-9-13(5-2)12-19-15(17)11-8-10-14(16)18-6-3/h13H,4-12H2,1-3H3. The number of ether oxygens (including phenoxy) is 2. The van der Waals surface area contributed by atoms with E-state index < -0.39 is 0 Å². The Morgan fingerprint density at radius 2 is 1.58 bits per heavy atom. The molecule has 0 aliphatic carbocycles. The van der Waals surface area contributed by atoms with Crippen LogP contribution in [0.15, 0.2) is 0 Å². The summed E-state index contributed by atoms with van der Waals surface area (Å²) in [6, 6.07) is 0. The van der Waals surface area contributed by atoms with Crippen LogP contribution in [-0.4, -0.2) is 25.2 Å². The number of hydrogen-bond donors (Lipinski definition) is 0. The van der Waals surface area contributed by atoms with Gasteiger partial charge in [0, 0.05) is 12.8 Å². The van der Waals surface area contributed by atoms with Gasteiger partial charge in [-0.05, 0) is 25.7 Å². The first-order valence-corrected chi connectivity index (χ1v) is 7.45. The highest BCUT2D eigenvalue weighted by atomic mass is 16.5. The van der Waals surface area contributed by atoms with Crippen LogP contribution in [0, 0.1) is 5.92 Å². The van der Waals surface area contributed by atoms with Crippen LogP contribution >= 0.6 is 0 Å². The zero-order chi connectivity index (χ0) is 14.5. The fourth-order valence-corrected chi connectivity index (χ4v) is 1.79. The minimum Gasteiger partial charge on any atom is -0.466 e. The minimum absolute atomic E-state index is 0.209. The molecule has 0 saturated heterocycles. The van der Waals surface area contributed by atoms with Crippen LogP contribution in [0.25, 0.3) is 0 Å². The summed E-state index contributed by atoms with van der Waals surface area (Å²) < 4.78 is 10.0. The molecule has 112 valence electrons. The first-order chi connectivity index (χ1) is 9.13. The van der Waals surface area contributed by atoms with E-state index in [4.69, 9.17) is 9.47 Å². The van der Waals surface area contributed by atoms with E-state index in [2.05, 4.69) is 13.8 Å². The first kappa shape index (κ1) is 17.9. The number of unbranched alkanes of at least 4 members (excludes halogenated alkanes) is 1. The Labute approximate surface area is 116 Å². The number of hydrogen-bond acceptors (Lipinski definition) is 4. The van der Waals surface area contributed by atoms with Crippen molar-refractivity contribution in [2.45, 2.75) is 65.7 Å². The van der Waals surface area contributed by atoms with Gasteiger partial charge in [0.25, 0.3) is 0 Å². The molecule has 0 rings (SSSR count). The van der Waals surface area contributed by atoms with E-state index in [0.29, 0.717) is 32.0 Å². The van der Waals surface area contributed by atoms with Crippen molar-refractivity contribution in [2.24, 2.45) is 5.92 Å². The highest BCUT2D eigenvalue weighted by Gasteiger charge is 2.11. The SMILES string of the molecule is CCCCC(CC)COC(=O)CCCC(=O)OCC. The van der Waals surface area contributed by atoms with E-state index in [9.17, 15) is 9.59 Å². The second kappa shape index (κ2) is 12.0. The van der Waals surface area contributed by atoms with Crippen LogP contribution in [0.4, 0.5) is 0 Å². The Morgan fingerprint density at radius 3 is 2.11 bits per heavy atom. The topological polar surface area (TPSA) is 52.6 Å². The molecule has 0 spiro atoms. The summed E-state index contributed by atoms with van der Waals surface area (Å²) in [5, 5.41) is 0. The number of esters is 2. The lowest BCUT2D eigenvalue weighted by Gasteiger charge is -2.14. The molecule has 0 aromatic rings. The maximum atomic E-state index is 11.5. The maximum absolute atomic E-state index is 11.5. The molecule has 1 atom stereocenters. The quantitative estimate of drug-likeness (QED) is 0.540. The molecule has 0 radical (unpaired) electrons. The molecule has 0 aliphatic heterocycles. The van der Waals surface area contributed by atoms with E-state index in [1.807, 2.05) is 0 Å². The third-order valence-electron chi connectivity index (χ3n) is 3.09. The monoisotopic (exact) mass is 272 g/mol. The Kier molecular flexibility index (Phi) is 11.3. The largest absolute Gasteiger partial charge is 0.466 e. The molecule has 0 N–H and O–H groups in total. The van der Waals surface area contributed by atoms with Crippen molar-refractivity contribution in [1.29, 1.82) is 0 Å². The second-order valence-corrected chi connectivity index (χ2v) is 4.76. The van der Waals surface area contributed by atoms with E-state index >= 15 is 0 Å². The summed E-state index contributed by atoms with van der Waals surface area (Å²) in [5.41, 5.74) is 0. The highest BCUT2D eigenvalue weighted by molar-refractivity contribution is 5.72. The van der Waals surface area contributed by atoms with Crippen LogP contribution in [0.2, 0.25) is 0 Å². The molecule has 4 heteroatoms. The fourth-order valence-electron chi connectivity index (χ4n) is 1.79. The number of carbonyl (C=O) groups is 2. The molecular weight excluding hydrogens is 244 g/mol. The summed E-state index contributed by atoms with van der Waals surface area (Å²) in [6.45, 7) is 6.95. The summed E-state index contributed by atoms with van der Waals surface area (Å²) in [4.78, 5) is 22.6. The van der Waals surface area contributed by atoms with Gasteiger partial charge in [0.1, 0.15) is 0 Å². The zero-order valence-electron chi connectivity index (χ0n) is 12.6. The number of rotatable bonds is 11. The zero-order valence-corrected chi connectivity index (χ0v) is 12.6. The van der Waals surface area contributed by atoms with Crippen molar-refractivity contribution in [3.05, 3.63) is 0 Å². The number of carbonyl (C=O) groups excluding carboxylic acids is 2. The molecule has 1 unspecified atom stereocenters. The second-order valence-electron chi connectivity index (χ2n) is 4.76. The van der Waals surface area contributed by atoms with Gasteiger partial charge >= 0.3 is 11.9 Å². The van der Waals surface area contributed by atoms with E-state index in [1.54, 1.807) is 6.92 Å². The highest BCUT2D eigenvalue weighted by Crippen LogP contribution is 2.13. The predicted molar refractivity (Wildman–Crippen MR) is 74.7 cm³/mol. The third kappa shape index (κ3) is 10.5. The minimum atomic E-state index is -0.246. The van der Waals surface area contributed by atoms with Crippen LogP contribution in [0.3, 0.4) is 0 Å². The Balaban J connectivity index is 3.64. The average molecular weight is 272 g/mol. The van der Waals surface area contributed by atoms with Gasteiger partial charge in [0.2, 0.25) is 0 Å². The molecule has 19 heavy (non-hydrogen) atoms. The Bertz CT molecular complexity index is 251. The summed E-state index contributed by atoms with van der Waals surface area (Å²) in [7, 11) is 0. The Morgan fingerprint density at radius 1 is 0.947 bits per heavy atom. The molecule has 0 amide bonds.